The summed E-state index contributed by atoms with van der Waals surface area (Å²) in [6.45, 7) is 4.29. The minimum absolute atomic E-state index is 0.0607. The van der Waals surface area contributed by atoms with Gasteiger partial charge in [-0.15, -0.1) is 0 Å². The van der Waals surface area contributed by atoms with Gasteiger partial charge >= 0.3 is 0 Å². The van der Waals surface area contributed by atoms with E-state index in [1.165, 1.54) is 4.90 Å². The van der Waals surface area contributed by atoms with E-state index in [2.05, 4.69) is 10.6 Å². The summed E-state index contributed by atoms with van der Waals surface area (Å²) in [5.74, 6) is -0.673. The lowest BCUT2D eigenvalue weighted by atomic mass is 9.99. The molecule has 0 radical (unpaired) electrons. The summed E-state index contributed by atoms with van der Waals surface area (Å²) in [6.07, 6.45) is 2.25. The fourth-order valence-electron chi connectivity index (χ4n) is 2.40. The maximum Gasteiger partial charge on any atom is 0.242 e. The van der Waals surface area contributed by atoms with Crippen molar-refractivity contribution in [3.05, 3.63) is 0 Å². The predicted octanol–water partition coefficient (Wildman–Crippen LogP) is -0.787. The first-order valence-corrected chi connectivity index (χ1v) is 7.46. The fraction of sp³-hybridized carbons (Fsp3) is 0.786. The number of rotatable bonds is 6. The van der Waals surface area contributed by atoms with E-state index in [1.807, 2.05) is 13.8 Å². The third-order valence-electron chi connectivity index (χ3n) is 4.10. The average Bonchev–Trinajstić information content (AvgIpc) is 2.99. The summed E-state index contributed by atoms with van der Waals surface area (Å²) in [5, 5.41) is 5.12. The standard InChI is InChI=1S/C14H26N4O3/c1-4-9(2)12(15)14(21)17-8-11(19)18-7-5-6-10(18)13(20)16-3/h9-10,12H,4-8,15H2,1-3H3,(H,16,20)(H,17,21)/t9-,10?,12-/m0/s1. The van der Waals surface area contributed by atoms with Gasteiger partial charge in [0.1, 0.15) is 6.04 Å². The van der Waals surface area contributed by atoms with E-state index in [-0.39, 0.29) is 30.2 Å². The summed E-state index contributed by atoms with van der Waals surface area (Å²) >= 11 is 0. The molecule has 0 spiro atoms. The Morgan fingerprint density at radius 1 is 1.38 bits per heavy atom. The molecule has 1 rings (SSSR count). The third-order valence-corrected chi connectivity index (χ3v) is 4.10. The molecule has 1 unspecified atom stereocenters. The summed E-state index contributed by atoms with van der Waals surface area (Å²) in [7, 11) is 1.55. The first-order valence-electron chi connectivity index (χ1n) is 7.46. The molecule has 0 aromatic rings. The highest BCUT2D eigenvalue weighted by Gasteiger charge is 2.33. The minimum atomic E-state index is -0.615. The summed E-state index contributed by atoms with van der Waals surface area (Å²) in [5.41, 5.74) is 5.81. The van der Waals surface area contributed by atoms with Gasteiger partial charge in [-0.3, -0.25) is 14.4 Å². The number of amides is 3. The highest BCUT2D eigenvalue weighted by atomic mass is 16.2. The lowest BCUT2D eigenvalue weighted by molar-refractivity contribution is -0.138. The van der Waals surface area contributed by atoms with Crippen LogP contribution in [0.4, 0.5) is 0 Å². The van der Waals surface area contributed by atoms with Crippen molar-refractivity contribution in [2.45, 2.75) is 45.2 Å². The molecule has 0 aromatic heterocycles. The number of carbonyl (C=O) groups excluding carboxylic acids is 3. The van der Waals surface area contributed by atoms with Gasteiger partial charge in [0.05, 0.1) is 12.6 Å². The molecule has 120 valence electrons. The predicted molar refractivity (Wildman–Crippen MR) is 79.2 cm³/mol. The molecule has 1 fully saturated rings. The van der Waals surface area contributed by atoms with Crippen molar-refractivity contribution in [2.24, 2.45) is 11.7 Å². The van der Waals surface area contributed by atoms with Crippen LogP contribution in [0.25, 0.3) is 0 Å². The number of carbonyl (C=O) groups is 3. The molecule has 0 aliphatic carbocycles. The minimum Gasteiger partial charge on any atom is -0.357 e. The van der Waals surface area contributed by atoms with Crippen LogP contribution in [0.1, 0.15) is 33.1 Å². The molecular formula is C14H26N4O3. The summed E-state index contributed by atoms with van der Waals surface area (Å²) < 4.78 is 0. The van der Waals surface area contributed by atoms with Gasteiger partial charge in [-0.25, -0.2) is 0 Å². The number of nitrogens with zero attached hydrogens (tertiary/aromatic N) is 1. The molecule has 1 aliphatic heterocycles. The van der Waals surface area contributed by atoms with Gasteiger partial charge in [-0.1, -0.05) is 20.3 Å². The SMILES string of the molecule is CC[C@H](C)[C@H](N)C(=O)NCC(=O)N1CCCC1C(=O)NC. The zero-order chi connectivity index (χ0) is 16.0. The van der Waals surface area contributed by atoms with Gasteiger partial charge in [-0.2, -0.15) is 0 Å². The zero-order valence-corrected chi connectivity index (χ0v) is 13.0. The number of nitrogens with two attached hydrogens (primary N) is 1. The monoisotopic (exact) mass is 298 g/mol. The molecule has 0 aromatic carbocycles. The van der Waals surface area contributed by atoms with E-state index < -0.39 is 12.1 Å². The highest BCUT2D eigenvalue weighted by molar-refractivity contribution is 5.91. The van der Waals surface area contributed by atoms with Crippen LogP contribution in [0, 0.1) is 5.92 Å². The van der Waals surface area contributed by atoms with E-state index >= 15 is 0 Å². The molecule has 3 atom stereocenters. The Morgan fingerprint density at radius 3 is 2.62 bits per heavy atom. The smallest absolute Gasteiger partial charge is 0.242 e. The van der Waals surface area contributed by atoms with Crippen molar-refractivity contribution >= 4 is 17.7 Å². The van der Waals surface area contributed by atoms with E-state index in [1.54, 1.807) is 7.05 Å². The third kappa shape index (κ3) is 4.42. The second-order valence-corrected chi connectivity index (χ2v) is 5.49. The molecule has 4 N–H and O–H groups in total. The molecule has 21 heavy (non-hydrogen) atoms. The van der Waals surface area contributed by atoms with Crippen LogP contribution in [-0.2, 0) is 14.4 Å². The van der Waals surface area contributed by atoms with Crippen LogP contribution in [0.3, 0.4) is 0 Å². The Kier molecular flexibility index (Phi) is 6.61. The Bertz CT molecular complexity index is 400. The molecule has 1 saturated heterocycles. The maximum absolute atomic E-state index is 12.1. The van der Waals surface area contributed by atoms with E-state index in [4.69, 9.17) is 5.73 Å². The number of nitrogens with one attached hydrogen (secondary N) is 2. The fourth-order valence-corrected chi connectivity index (χ4v) is 2.40. The maximum atomic E-state index is 12.1. The molecule has 0 bridgehead atoms. The highest BCUT2D eigenvalue weighted by Crippen LogP contribution is 2.17. The normalized spacial score (nSPS) is 20.8. The number of hydrogen-bond donors (Lipinski definition) is 3. The van der Waals surface area contributed by atoms with Gasteiger partial charge in [0.2, 0.25) is 17.7 Å². The zero-order valence-electron chi connectivity index (χ0n) is 13.0. The topological polar surface area (TPSA) is 105 Å². The van der Waals surface area contributed by atoms with Gasteiger partial charge in [0, 0.05) is 13.6 Å². The molecular weight excluding hydrogens is 272 g/mol. The summed E-state index contributed by atoms with van der Waals surface area (Å²) in [6, 6.07) is -1.04. The van der Waals surface area contributed by atoms with Crippen LogP contribution in [0.15, 0.2) is 0 Å². The molecule has 0 saturated carbocycles. The van der Waals surface area contributed by atoms with Crippen molar-refractivity contribution in [1.82, 2.24) is 15.5 Å². The molecule has 7 heteroatoms. The summed E-state index contributed by atoms with van der Waals surface area (Å²) in [4.78, 5) is 37.2. The number of likely N-dealkylation sites (N-methyl/N-ethyl adjacent to an activating group) is 1. The molecule has 7 nitrogen and oxygen atoms in total. The lowest BCUT2D eigenvalue weighted by Gasteiger charge is -2.24. The van der Waals surface area contributed by atoms with Crippen molar-refractivity contribution in [3.8, 4) is 0 Å². The van der Waals surface area contributed by atoms with Crippen molar-refractivity contribution in [3.63, 3.8) is 0 Å². The van der Waals surface area contributed by atoms with Crippen LogP contribution >= 0.6 is 0 Å². The Hall–Kier alpha value is -1.63. The molecule has 1 aliphatic rings. The van der Waals surface area contributed by atoms with Crippen LogP contribution < -0.4 is 16.4 Å². The van der Waals surface area contributed by atoms with Gasteiger partial charge in [-0.05, 0) is 18.8 Å². The second kappa shape index (κ2) is 7.97. The van der Waals surface area contributed by atoms with Gasteiger partial charge in [0.15, 0.2) is 0 Å². The molecule has 1 heterocycles. The van der Waals surface area contributed by atoms with Crippen LogP contribution in [0.2, 0.25) is 0 Å². The van der Waals surface area contributed by atoms with Crippen LogP contribution in [-0.4, -0.2) is 54.8 Å². The van der Waals surface area contributed by atoms with Gasteiger partial charge < -0.3 is 21.3 Å². The Labute approximate surface area is 125 Å². The lowest BCUT2D eigenvalue weighted by Crippen LogP contribution is -2.51. The quantitative estimate of drug-likeness (QED) is 0.598. The van der Waals surface area contributed by atoms with Gasteiger partial charge in [0.25, 0.3) is 0 Å². The second-order valence-electron chi connectivity index (χ2n) is 5.49. The van der Waals surface area contributed by atoms with Crippen molar-refractivity contribution in [2.75, 3.05) is 20.1 Å². The number of likely N-dealkylation sites (tertiary alicyclic amines) is 1. The van der Waals surface area contributed by atoms with Crippen molar-refractivity contribution in [1.29, 1.82) is 0 Å². The largest absolute Gasteiger partial charge is 0.357 e. The first kappa shape index (κ1) is 17.4. The Morgan fingerprint density at radius 2 is 2.05 bits per heavy atom. The average molecular weight is 298 g/mol. The van der Waals surface area contributed by atoms with E-state index in [0.717, 1.165) is 12.8 Å². The number of hydrogen-bond acceptors (Lipinski definition) is 4. The van der Waals surface area contributed by atoms with E-state index in [0.29, 0.717) is 13.0 Å². The molecule has 3 amide bonds. The van der Waals surface area contributed by atoms with Crippen LogP contribution in [0.5, 0.6) is 0 Å². The Balaban J connectivity index is 2.50. The van der Waals surface area contributed by atoms with E-state index in [9.17, 15) is 14.4 Å². The van der Waals surface area contributed by atoms with Crippen molar-refractivity contribution < 1.29 is 14.4 Å². The first-order chi connectivity index (χ1) is 9.92.